The zero-order chi connectivity index (χ0) is 32.8. The summed E-state index contributed by atoms with van der Waals surface area (Å²) < 4.78 is 26.3. The molecular weight excluding hydrogens is 593 g/mol. The summed E-state index contributed by atoms with van der Waals surface area (Å²) in [6, 6.07) is 14.3. The number of nitrogen functional groups attached to an aromatic ring is 1. The number of benzene rings is 2. The van der Waals surface area contributed by atoms with Crippen LogP contribution >= 0.6 is 0 Å². The van der Waals surface area contributed by atoms with Crippen LogP contribution in [-0.4, -0.2) is 61.3 Å². The molecule has 3 heterocycles. The first-order valence-electron chi connectivity index (χ1n) is 14.9. The van der Waals surface area contributed by atoms with E-state index in [1.165, 1.54) is 18.3 Å². The molecule has 0 radical (unpaired) electrons. The van der Waals surface area contributed by atoms with Crippen molar-refractivity contribution in [2.75, 3.05) is 18.8 Å². The number of amides is 2. The van der Waals surface area contributed by atoms with Crippen LogP contribution in [-0.2, 0) is 20.8 Å². The molecule has 1 aliphatic rings. The Labute approximate surface area is 265 Å². The number of esters is 1. The molecule has 0 spiro atoms. The number of halogens is 1. The first kappa shape index (κ1) is 32.1. The Hall–Kier alpha value is -5.33. The first-order chi connectivity index (χ1) is 22.0. The number of ether oxygens (including phenoxy) is 2. The van der Waals surface area contributed by atoms with E-state index in [9.17, 15) is 18.8 Å². The molecule has 0 bridgehead atoms. The molecule has 13 heteroatoms. The molecule has 4 aromatic rings. The van der Waals surface area contributed by atoms with Crippen LogP contribution in [0.4, 0.5) is 15.0 Å². The minimum absolute atomic E-state index is 0.0543. The second kappa shape index (κ2) is 13.8. The molecule has 0 aliphatic carbocycles. The van der Waals surface area contributed by atoms with E-state index in [0.717, 1.165) is 0 Å². The fourth-order valence-electron chi connectivity index (χ4n) is 4.94. The average molecular weight is 630 g/mol. The van der Waals surface area contributed by atoms with Gasteiger partial charge in [0.2, 0.25) is 6.10 Å². The van der Waals surface area contributed by atoms with Crippen LogP contribution in [0.2, 0.25) is 0 Å². The van der Waals surface area contributed by atoms with Gasteiger partial charge >= 0.3 is 12.1 Å². The minimum Gasteiger partial charge on any atom is -0.444 e. The van der Waals surface area contributed by atoms with Gasteiger partial charge in [0.25, 0.3) is 5.91 Å². The van der Waals surface area contributed by atoms with Gasteiger partial charge in [0.1, 0.15) is 11.4 Å². The standard InChI is InChI=1S/C33H36FN7O5/c1-33(2,3)46-32(44)40-15-13-25(14-16-40)41-20-23(18-38-41)26-19-36-29(35)27(39-26)31(43)45-28(22-7-5-4-6-8-22)30(42)37-17-21-9-11-24(34)12-10-21/h4-12,18-20,25,28H,13-17H2,1-3H3,(H2,35,36)(H,37,42)/t28-/m1/s1. The van der Waals surface area contributed by atoms with Gasteiger partial charge in [-0.05, 0) is 51.3 Å². The number of carbonyl (C=O) groups is 3. The van der Waals surface area contributed by atoms with Gasteiger partial charge in [-0.1, -0.05) is 42.5 Å². The third kappa shape index (κ3) is 8.03. The Kier molecular flexibility index (Phi) is 9.59. The Morgan fingerprint density at radius 2 is 1.74 bits per heavy atom. The van der Waals surface area contributed by atoms with E-state index in [-0.39, 0.29) is 36.0 Å². The zero-order valence-electron chi connectivity index (χ0n) is 25.9. The van der Waals surface area contributed by atoms with Crippen molar-refractivity contribution in [1.82, 2.24) is 30.0 Å². The summed E-state index contributed by atoms with van der Waals surface area (Å²) in [6.07, 6.45) is 4.59. The Morgan fingerprint density at radius 3 is 2.41 bits per heavy atom. The Morgan fingerprint density at radius 1 is 1.04 bits per heavy atom. The normalized spacial score (nSPS) is 14.4. The van der Waals surface area contributed by atoms with E-state index in [1.807, 2.05) is 25.5 Å². The molecule has 46 heavy (non-hydrogen) atoms. The summed E-state index contributed by atoms with van der Waals surface area (Å²) >= 11 is 0. The number of nitrogens with zero attached hydrogens (tertiary/aromatic N) is 5. The molecular formula is C33H36FN7O5. The number of rotatable bonds is 8. The Balaban J connectivity index is 1.27. The maximum absolute atomic E-state index is 13.4. The van der Waals surface area contributed by atoms with E-state index < -0.39 is 23.6 Å². The van der Waals surface area contributed by atoms with Crippen molar-refractivity contribution >= 4 is 23.8 Å². The second-order valence-electron chi connectivity index (χ2n) is 11.9. The highest BCUT2D eigenvalue weighted by molar-refractivity contribution is 5.95. The fraction of sp³-hybridized carbons (Fsp3) is 0.333. The summed E-state index contributed by atoms with van der Waals surface area (Å²) in [4.78, 5) is 49.3. The van der Waals surface area contributed by atoms with Crippen molar-refractivity contribution in [3.8, 4) is 11.3 Å². The minimum atomic E-state index is -1.31. The zero-order valence-corrected chi connectivity index (χ0v) is 25.9. The van der Waals surface area contributed by atoms with Crippen molar-refractivity contribution in [1.29, 1.82) is 0 Å². The smallest absolute Gasteiger partial charge is 0.410 e. The van der Waals surface area contributed by atoms with Gasteiger partial charge in [-0.25, -0.2) is 23.9 Å². The molecule has 1 atom stereocenters. The Bertz CT molecular complexity index is 1680. The summed E-state index contributed by atoms with van der Waals surface area (Å²) in [5.74, 6) is -2.06. The third-order valence-corrected chi connectivity index (χ3v) is 7.33. The molecule has 2 aromatic heterocycles. The number of nitrogens with one attached hydrogen (secondary N) is 1. The lowest BCUT2D eigenvalue weighted by Crippen LogP contribution is -2.42. The van der Waals surface area contributed by atoms with Crippen molar-refractivity contribution in [3.63, 3.8) is 0 Å². The number of likely N-dealkylation sites (tertiary alicyclic amines) is 1. The van der Waals surface area contributed by atoms with Gasteiger partial charge in [-0.3, -0.25) is 9.48 Å². The fourth-order valence-corrected chi connectivity index (χ4v) is 4.94. The van der Waals surface area contributed by atoms with Gasteiger partial charge in [0, 0.05) is 37.0 Å². The summed E-state index contributed by atoms with van der Waals surface area (Å²) in [7, 11) is 0. The lowest BCUT2D eigenvalue weighted by Gasteiger charge is -2.33. The number of anilines is 1. The average Bonchev–Trinajstić information content (AvgIpc) is 3.53. The molecule has 0 unspecified atom stereocenters. The molecule has 240 valence electrons. The number of aromatic nitrogens is 4. The van der Waals surface area contributed by atoms with E-state index in [1.54, 1.807) is 59.8 Å². The summed E-state index contributed by atoms with van der Waals surface area (Å²) in [5, 5.41) is 7.23. The summed E-state index contributed by atoms with van der Waals surface area (Å²) in [6.45, 7) is 6.68. The van der Waals surface area contributed by atoms with Gasteiger partial charge in [0.05, 0.1) is 24.1 Å². The van der Waals surface area contributed by atoms with E-state index in [4.69, 9.17) is 15.2 Å². The molecule has 2 amide bonds. The van der Waals surface area contributed by atoms with E-state index in [2.05, 4.69) is 20.4 Å². The number of nitrogens with two attached hydrogens (primary N) is 1. The number of piperidine rings is 1. The summed E-state index contributed by atoms with van der Waals surface area (Å²) in [5.41, 5.74) is 7.29. The van der Waals surface area contributed by atoms with Crippen LogP contribution in [0.15, 0.2) is 73.2 Å². The highest BCUT2D eigenvalue weighted by atomic mass is 19.1. The van der Waals surface area contributed by atoms with Crippen molar-refractivity contribution in [3.05, 3.63) is 95.8 Å². The highest BCUT2D eigenvalue weighted by Crippen LogP contribution is 2.27. The van der Waals surface area contributed by atoms with Crippen molar-refractivity contribution in [2.45, 2.75) is 57.9 Å². The van der Waals surface area contributed by atoms with Crippen LogP contribution in [0.1, 0.15) is 67.4 Å². The van der Waals surface area contributed by atoms with E-state index >= 15 is 0 Å². The van der Waals surface area contributed by atoms with Crippen LogP contribution in [0, 0.1) is 5.82 Å². The van der Waals surface area contributed by atoms with Gasteiger partial charge in [-0.2, -0.15) is 5.10 Å². The predicted molar refractivity (Wildman–Crippen MR) is 167 cm³/mol. The molecule has 1 aliphatic heterocycles. The largest absolute Gasteiger partial charge is 0.444 e. The van der Waals surface area contributed by atoms with Crippen LogP contribution < -0.4 is 11.1 Å². The molecule has 1 saturated heterocycles. The van der Waals surface area contributed by atoms with Crippen LogP contribution in [0.5, 0.6) is 0 Å². The van der Waals surface area contributed by atoms with Crippen molar-refractivity contribution < 1.29 is 28.2 Å². The molecule has 1 fully saturated rings. The highest BCUT2D eigenvalue weighted by Gasteiger charge is 2.30. The van der Waals surface area contributed by atoms with Gasteiger partial charge in [-0.15, -0.1) is 0 Å². The molecule has 5 rings (SSSR count). The molecule has 12 nitrogen and oxygen atoms in total. The first-order valence-corrected chi connectivity index (χ1v) is 14.9. The van der Waals surface area contributed by atoms with E-state index in [0.29, 0.717) is 48.3 Å². The van der Waals surface area contributed by atoms with Gasteiger partial charge < -0.3 is 25.4 Å². The molecule has 2 aromatic carbocycles. The van der Waals surface area contributed by atoms with Crippen molar-refractivity contribution in [2.24, 2.45) is 0 Å². The predicted octanol–water partition coefficient (Wildman–Crippen LogP) is 4.85. The van der Waals surface area contributed by atoms with Gasteiger partial charge in [0.15, 0.2) is 11.5 Å². The van der Waals surface area contributed by atoms with Crippen LogP contribution in [0.3, 0.4) is 0 Å². The SMILES string of the molecule is CC(C)(C)OC(=O)N1CCC(n2cc(-c3cnc(N)c(C(=O)O[C@@H](C(=O)NCc4ccc(F)cc4)c4ccccc4)n3)cn2)CC1. The maximum atomic E-state index is 13.4. The van der Waals surface area contributed by atoms with Crippen LogP contribution in [0.25, 0.3) is 11.3 Å². The lowest BCUT2D eigenvalue weighted by atomic mass is 10.1. The molecule has 3 N–H and O–H groups in total. The topological polar surface area (TPSA) is 155 Å². The number of carbonyl (C=O) groups excluding carboxylic acids is 3. The molecule has 0 saturated carbocycles. The quantitative estimate of drug-likeness (QED) is 0.260. The number of hydrogen-bond donors (Lipinski definition) is 2. The monoisotopic (exact) mass is 629 g/mol. The third-order valence-electron chi connectivity index (χ3n) is 7.33. The lowest BCUT2D eigenvalue weighted by molar-refractivity contribution is -0.130. The maximum Gasteiger partial charge on any atom is 0.410 e. The number of hydrogen-bond acceptors (Lipinski definition) is 9. The second-order valence-corrected chi connectivity index (χ2v) is 11.9.